The molecule has 0 saturated heterocycles. The summed E-state index contributed by atoms with van der Waals surface area (Å²) in [7, 11) is 0. The van der Waals surface area contributed by atoms with Crippen molar-refractivity contribution in [3.8, 4) is 0 Å². The van der Waals surface area contributed by atoms with E-state index in [0.29, 0.717) is 12.5 Å². The van der Waals surface area contributed by atoms with Gasteiger partial charge in [-0.2, -0.15) is 0 Å². The Morgan fingerprint density at radius 1 is 0.719 bits per heavy atom. The summed E-state index contributed by atoms with van der Waals surface area (Å²) in [5, 5.41) is 33.0. The number of carbonyl (C=O) groups is 1. The van der Waals surface area contributed by atoms with Crippen molar-refractivity contribution in [1.29, 1.82) is 0 Å². The van der Waals surface area contributed by atoms with E-state index in [4.69, 9.17) is 0 Å². The molecule has 0 aromatic rings. The number of nitro groups is 3. The summed E-state index contributed by atoms with van der Waals surface area (Å²) in [4.78, 5) is 39.7. The van der Waals surface area contributed by atoms with Crippen molar-refractivity contribution in [3.63, 3.8) is 0 Å². The monoisotopic (exact) mass is 449 g/mol. The van der Waals surface area contributed by atoms with Crippen molar-refractivity contribution in [2.45, 2.75) is 70.0 Å². The molecule has 0 amide bonds. The van der Waals surface area contributed by atoms with Crippen LogP contribution in [0.5, 0.6) is 0 Å². The fraction of sp³-hybridized carbons (Fsp3) is 0.500. The average molecular weight is 450 g/mol. The molecule has 0 aliphatic carbocycles. The van der Waals surface area contributed by atoms with Crippen LogP contribution in [-0.2, 0) is 4.79 Å². The Kier molecular flexibility index (Phi) is 15.4. The van der Waals surface area contributed by atoms with Gasteiger partial charge in [-0.3, -0.25) is 35.1 Å². The smallest absolute Gasteiger partial charge is 0.287 e. The van der Waals surface area contributed by atoms with E-state index in [2.05, 4.69) is 31.2 Å². The van der Waals surface area contributed by atoms with Gasteiger partial charge >= 0.3 is 11.7 Å². The highest BCUT2D eigenvalue weighted by Crippen LogP contribution is 2.18. The first kappa shape index (κ1) is 28.6. The van der Waals surface area contributed by atoms with Crippen LogP contribution < -0.4 is 0 Å². The molecule has 0 aromatic carbocycles. The maximum atomic E-state index is 11.1. The van der Waals surface area contributed by atoms with Crippen LogP contribution in [0.15, 0.2) is 60.8 Å². The number of allylic oxidation sites excluding steroid dienone is 9. The van der Waals surface area contributed by atoms with E-state index in [9.17, 15) is 35.1 Å². The average Bonchev–Trinajstić information content (AvgIpc) is 2.74. The standard InChI is InChI=1S/C22H31N3O7/c1-2-3-4-5-6-7-8-9-10-11-12-13-14-15-16-17-18-19-21(23(27)28)22(20-26,24(29)30)25(31)32/h6-7,9-10,12-13,15-16,18-21H,2-5,8,11,14,17H2,1H3/b7-6+,10-9+,13-12+,16-15+,19-18+. The quantitative estimate of drug-likeness (QED) is 0.0714. The molecule has 0 rings (SSSR count). The molecular formula is C22H31N3O7. The van der Waals surface area contributed by atoms with Crippen LogP contribution in [-0.4, -0.2) is 32.8 Å². The minimum Gasteiger partial charge on any atom is -0.287 e. The van der Waals surface area contributed by atoms with Gasteiger partial charge in [0.1, 0.15) is 9.85 Å². The highest BCUT2D eigenvalue weighted by atomic mass is 16.7. The summed E-state index contributed by atoms with van der Waals surface area (Å²) in [5.41, 5.74) is -3.55. The Morgan fingerprint density at radius 2 is 1.16 bits per heavy atom. The second-order valence-corrected chi connectivity index (χ2v) is 6.90. The van der Waals surface area contributed by atoms with Crippen LogP contribution in [0.25, 0.3) is 0 Å². The molecule has 10 heteroatoms. The summed E-state index contributed by atoms with van der Waals surface area (Å²) in [6.45, 7) is 2.18. The van der Waals surface area contributed by atoms with Crippen molar-refractivity contribution >= 4 is 6.29 Å². The molecule has 0 heterocycles. The molecule has 176 valence electrons. The fourth-order valence-corrected chi connectivity index (χ4v) is 2.63. The Hall–Kier alpha value is -3.43. The van der Waals surface area contributed by atoms with E-state index in [0.717, 1.165) is 19.3 Å². The van der Waals surface area contributed by atoms with E-state index in [1.165, 1.54) is 25.3 Å². The zero-order valence-electron chi connectivity index (χ0n) is 18.3. The first-order valence-electron chi connectivity index (χ1n) is 10.5. The molecule has 10 nitrogen and oxygen atoms in total. The van der Waals surface area contributed by atoms with Gasteiger partial charge in [-0.25, -0.2) is 0 Å². The third-order valence-corrected chi connectivity index (χ3v) is 4.47. The largest absolute Gasteiger partial charge is 0.581 e. The van der Waals surface area contributed by atoms with Gasteiger partial charge in [0.2, 0.25) is 0 Å². The summed E-state index contributed by atoms with van der Waals surface area (Å²) in [6.07, 6.45) is 24.6. The van der Waals surface area contributed by atoms with Gasteiger partial charge in [-0.05, 0) is 38.5 Å². The molecule has 0 N–H and O–H groups in total. The molecule has 0 fully saturated rings. The Bertz CT molecular complexity index is 741. The third-order valence-electron chi connectivity index (χ3n) is 4.47. The van der Waals surface area contributed by atoms with E-state index >= 15 is 0 Å². The van der Waals surface area contributed by atoms with Crippen molar-refractivity contribution in [2.24, 2.45) is 0 Å². The van der Waals surface area contributed by atoms with Crippen molar-refractivity contribution < 1.29 is 19.6 Å². The molecule has 1 atom stereocenters. The molecule has 32 heavy (non-hydrogen) atoms. The second kappa shape index (κ2) is 17.3. The highest BCUT2D eigenvalue weighted by Gasteiger charge is 2.70. The maximum Gasteiger partial charge on any atom is 0.581 e. The fourth-order valence-electron chi connectivity index (χ4n) is 2.63. The Balaban J connectivity index is 4.40. The molecule has 0 saturated carbocycles. The van der Waals surface area contributed by atoms with Crippen LogP contribution in [0.4, 0.5) is 0 Å². The molecule has 0 bridgehead atoms. The summed E-state index contributed by atoms with van der Waals surface area (Å²) >= 11 is 0. The molecule has 0 aliphatic rings. The van der Waals surface area contributed by atoms with Crippen molar-refractivity contribution in [3.05, 3.63) is 91.1 Å². The van der Waals surface area contributed by atoms with Crippen LogP contribution in [0.2, 0.25) is 0 Å². The lowest BCUT2D eigenvalue weighted by Gasteiger charge is -2.12. The lowest BCUT2D eigenvalue weighted by Crippen LogP contribution is -2.59. The van der Waals surface area contributed by atoms with Gasteiger partial charge in [0.05, 0.1) is 0 Å². The molecule has 0 aromatic heterocycles. The van der Waals surface area contributed by atoms with E-state index in [1.54, 1.807) is 12.2 Å². The Morgan fingerprint density at radius 3 is 1.53 bits per heavy atom. The van der Waals surface area contributed by atoms with E-state index in [-0.39, 0.29) is 6.42 Å². The number of nitrogens with zero attached hydrogens (tertiary/aromatic N) is 3. The topological polar surface area (TPSA) is 146 Å². The van der Waals surface area contributed by atoms with Crippen molar-refractivity contribution in [1.82, 2.24) is 0 Å². The number of hydrogen-bond donors (Lipinski definition) is 0. The summed E-state index contributed by atoms with van der Waals surface area (Å²) in [5.74, 6) is 0. The number of rotatable bonds is 18. The Labute approximate surface area is 187 Å². The minimum atomic E-state index is -3.55. The van der Waals surface area contributed by atoms with Crippen molar-refractivity contribution in [2.75, 3.05) is 0 Å². The highest BCUT2D eigenvalue weighted by molar-refractivity contribution is 5.61. The maximum absolute atomic E-state index is 11.1. The molecule has 1 unspecified atom stereocenters. The summed E-state index contributed by atoms with van der Waals surface area (Å²) < 4.78 is 0. The number of hydrogen-bond acceptors (Lipinski definition) is 7. The van der Waals surface area contributed by atoms with Gasteiger partial charge in [-0.15, -0.1) is 0 Å². The number of aldehydes is 1. The van der Waals surface area contributed by atoms with Crippen LogP contribution in [0.3, 0.4) is 0 Å². The predicted molar refractivity (Wildman–Crippen MR) is 122 cm³/mol. The number of unbranched alkanes of at least 4 members (excludes halogenated alkanes) is 3. The van der Waals surface area contributed by atoms with Gasteiger partial charge < -0.3 is 0 Å². The normalized spacial score (nSPS) is 13.7. The lowest BCUT2D eigenvalue weighted by atomic mass is 10.0. The zero-order valence-corrected chi connectivity index (χ0v) is 18.3. The minimum absolute atomic E-state index is 0.174. The molecule has 0 spiro atoms. The predicted octanol–water partition coefficient (Wildman–Crippen LogP) is 5.00. The molecule has 0 radical (unpaired) electrons. The number of carbonyl (C=O) groups excluding carboxylic acids is 1. The SMILES string of the molecule is CCCCC/C=C/C/C=C/C/C=C/C/C=C/C/C=C/C([N+](=O)[O-])C(C=O)([N+](=O)[O-])[N+](=O)[O-]. The van der Waals surface area contributed by atoms with Crippen LogP contribution in [0, 0.1) is 30.3 Å². The van der Waals surface area contributed by atoms with Gasteiger partial charge in [0, 0.05) is 11.0 Å². The second-order valence-electron chi connectivity index (χ2n) is 6.90. The van der Waals surface area contributed by atoms with Gasteiger partial charge in [0.15, 0.2) is 0 Å². The first-order chi connectivity index (χ1) is 15.3. The third kappa shape index (κ3) is 10.6. The molecular weight excluding hydrogens is 418 g/mol. The van der Waals surface area contributed by atoms with E-state index in [1.807, 2.05) is 12.2 Å². The first-order valence-corrected chi connectivity index (χ1v) is 10.5. The lowest BCUT2D eigenvalue weighted by molar-refractivity contribution is -0.808. The van der Waals surface area contributed by atoms with Crippen LogP contribution >= 0.6 is 0 Å². The molecule has 0 aliphatic heterocycles. The van der Waals surface area contributed by atoms with Gasteiger partial charge in [-0.1, -0.05) is 74.4 Å². The van der Waals surface area contributed by atoms with E-state index < -0.39 is 32.8 Å². The van der Waals surface area contributed by atoms with Crippen LogP contribution in [0.1, 0.15) is 58.3 Å². The summed E-state index contributed by atoms with van der Waals surface area (Å²) in [6, 6.07) is -2.41. The van der Waals surface area contributed by atoms with Gasteiger partial charge in [0.25, 0.3) is 6.29 Å². The zero-order chi connectivity index (χ0) is 24.2.